The topological polar surface area (TPSA) is 75.9 Å². The second kappa shape index (κ2) is 8.29. The number of carbonyl (C=O) groups excluding carboxylic acids is 1. The molecule has 7 nitrogen and oxygen atoms in total. The van der Waals surface area contributed by atoms with Crippen molar-refractivity contribution in [1.29, 1.82) is 0 Å². The van der Waals surface area contributed by atoms with Crippen LogP contribution in [0.2, 0.25) is 0 Å². The van der Waals surface area contributed by atoms with Gasteiger partial charge >= 0.3 is 0 Å². The maximum atomic E-state index is 12.8. The third-order valence-electron chi connectivity index (χ3n) is 5.35. The molecule has 1 N–H and O–H groups in total. The van der Waals surface area contributed by atoms with Gasteiger partial charge in [0, 0.05) is 49.7 Å². The molecule has 0 spiro atoms. The van der Waals surface area contributed by atoms with E-state index in [0.29, 0.717) is 11.7 Å². The van der Waals surface area contributed by atoms with Crippen LogP contribution in [0.15, 0.2) is 36.9 Å². The fourth-order valence-corrected chi connectivity index (χ4v) is 4.00. The molecule has 3 aromatic rings. The average Bonchev–Trinajstić information content (AvgIpc) is 3.13. The van der Waals surface area contributed by atoms with Crippen LogP contribution in [0.4, 0.5) is 5.82 Å². The van der Waals surface area contributed by atoms with Gasteiger partial charge in [0.05, 0.1) is 17.8 Å². The number of aryl methyl sites for hydroxylation is 1. The van der Waals surface area contributed by atoms with Crippen LogP contribution in [0.25, 0.3) is 22.0 Å². The molecule has 0 aromatic carbocycles. The van der Waals surface area contributed by atoms with Gasteiger partial charge in [0.25, 0.3) is 0 Å². The van der Waals surface area contributed by atoms with Crippen LogP contribution >= 0.6 is 0 Å². The van der Waals surface area contributed by atoms with Crippen molar-refractivity contribution in [3.05, 3.63) is 36.9 Å². The van der Waals surface area contributed by atoms with Crippen LogP contribution in [0.3, 0.4) is 0 Å². The van der Waals surface area contributed by atoms with Crippen LogP contribution in [0.5, 0.6) is 0 Å². The van der Waals surface area contributed by atoms with Crippen molar-refractivity contribution in [3.8, 4) is 11.3 Å². The molecule has 0 radical (unpaired) electrons. The number of pyridine rings is 2. The number of rotatable bonds is 5. The molecule has 1 fully saturated rings. The van der Waals surface area contributed by atoms with Crippen LogP contribution in [0.1, 0.15) is 26.7 Å². The zero-order chi connectivity index (χ0) is 20.4. The number of piperidine rings is 1. The van der Waals surface area contributed by atoms with Crippen LogP contribution < -0.4 is 5.32 Å². The number of anilines is 1. The monoisotopic (exact) mass is 392 g/mol. The van der Waals surface area contributed by atoms with Gasteiger partial charge in [-0.15, -0.1) is 0 Å². The first-order valence-corrected chi connectivity index (χ1v) is 10.3. The summed E-state index contributed by atoms with van der Waals surface area (Å²) in [5.41, 5.74) is 1.81. The van der Waals surface area contributed by atoms with Crippen molar-refractivity contribution in [2.75, 3.05) is 25.0 Å². The first kappa shape index (κ1) is 19.5. The molecular weight excluding hydrogens is 364 g/mol. The number of aromatic nitrogens is 4. The van der Waals surface area contributed by atoms with E-state index in [4.69, 9.17) is 0 Å². The molecule has 1 aliphatic heterocycles. The predicted octanol–water partition coefficient (Wildman–Crippen LogP) is 3.34. The minimum absolute atomic E-state index is 0.0170. The molecule has 3 aromatic heterocycles. The smallest absolute Gasteiger partial charge is 0.229 e. The highest BCUT2D eigenvalue weighted by Gasteiger charge is 2.26. The molecule has 7 heteroatoms. The third-order valence-corrected chi connectivity index (χ3v) is 5.35. The first-order chi connectivity index (χ1) is 14.0. The fourth-order valence-electron chi connectivity index (χ4n) is 4.00. The number of nitrogens with zero attached hydrogens (tertiary/aromatic N) is 5. The highest BCUT2D eigenvalue weighted by Crippen LogP contribution is 2.24. The van der Waals surface area contributed by atoms with Crippen molar-refractivity contribution in [2.45, 2.75) is 26.7 Å². The molecule has 0 bridgehead atoms. The Kier molecular flexibility index (Phi) is 5.58. The maximum absolute atomic E-state index is 12.8. The Morgan fingerprint density at radius 1 is 1.21 bits per heavy atom. The van der Waals surface area contributed by atoms with E-state index in [-0.39, 0.29) is 11.8 Å². The molecule has 0 aliphatic carbocycles. The predicted molar refractivity (Wildman–Crippen MR) is 114 cm³/mol. The van der Waals surface area contributed by atoms with Gasteiger partial charge in [-0.3, -0.25) is 14.5 Å². The Labute approximate surface area is 171 Å². The van der Waals surface area contributed by atoms with Crippen molar-refractivity contribution >= 4 is 22.5 Å². The van der Waals surface area contributed by atoms with Crippen molar-refractivity contribution < 1.29 is 4.79 Å². The summed E-state index contributed by atoms with van der Waals surface area (Å²) in [6.45, 7) is 7.39. The van der Waals surface area contributed by atoms with E-state index in [0.717, 1.165) is 54.5 Å². The summed E-state index contributed by atoms with van der Waals surface area (Å²) in [5, 5.41) is 9.17. The molecule has 1 amide bonds. The number of carbonyl (C=O) groups is 1. The zero-order valence-electron chi connectivity index (χ0n) is 17.3. The molecule has 4 heterocycles. The molecule has 1 atom stereocenters. The lowest BCUT2D eigenvalue weighted by molar-refractivity contribution is -0.121. The molecule has 0 saturated carbocycles. The Balaban J connectivity index is 1.49. The van der Waals surface area contributed by atoms with E-state index in [2.05, 4.69) is 39.1 Å². The minimum Gasteiger partial charge on any atom is -0.310 e. The Morgan fingerprint density at radius 3 is 2.79 bits per heavy atom. The highest BCUT2D eigenvalue weighted by molar-refractivity contribution is 5.94. The van der Waals surface area contributed by atoms with Gasteiger partial charge in [-0.25, -0.2) is 4.98 Å². The quantitative estimate of drug-likeness (QED) is 0.721. The molecule has 1 aliphatic rings. The molecule has 4 rings (SSSR count). The van der Waals surface area contributed by atoms with E-state index in [1.165, 1.54) is 0 Å². The first-order valence-electron chi connectivity index (χ1n) is 10.3. The number of hydrogen-bond acceptors (Lipinski definition) is 5. The third kappa shape index (κ3) is 4.62. The summed E-state index contributed by atoms with van der Waals surface area (Å²) in [6.07, 6.45) is 9.30. The van der Waals surface area contributed by atoms with Gasteiger partial charge in [0.2, 0.25) is 5.91 Å². The Morgan fingerprint density at radius 2 is 2.03 bits per heavy atom. The number of likely N-dealkylation sites (tertiary alicyclic amines) is 1. The van der Waals surface area contributed by atoms with E-state index in [1.807, 2.05) is 25.4 Å². The van der Waals surface area contributed by atoms with Crippen LogP contribution in [0, 0.1) is 11.8 Å². The van der Waals surface area contributed by atoms with Crippen molar-refractivity contribution in [3.63, 3.8) is 0 Å². The zero-order valence-corrected chi connectivity index (χ0v) is 17.3. The molecule has 29 heavy (non-hydrogen) atoms. The summed E-state index contributed by atoms with van der Waals surface area (Å²) < 4.78 is 1.76. The number of nitrogens with one attached hydrogen (secondary N) is 1. The van der Waals surface area contributed by atoms with Crippen molar-refractivity contribution in [2.24, 2.45) is 18.9 Å². The van der Waals surface area contributed by atoms with E-state index in [9.17, 15) is 4.79 Å². The lowest BCUT2D eigenvalue weighted by Crippen LogP contribution is -2.42. The second-order valence-corrected chi connectivity index (χ2v) is 8.37. The second-order valence-electron chi connectivity index (χ2n) is 8.37. The van der Waals surface area contributed by atoms with Gasteiger partial charge in [0.1, 0.15) is 5.82 Å². The number of amides is 1. The standard InChI is InChI=1S/C22H28N6O/c1-15(2)12-28-6-4-5-16(14-28)22(29)26-21-8-17-7-20(19-11-25-27(3)13-19)23-9-18(17)10-24-21/h7-11,13,15-16H,4-6,12,14H2,1-3H3,(H,24,26,29). The summed E-state index contributed by atoms with van der Waals surface area (Å²) in [4.78, 5) is 24.1. The number of hydrogen-bond donors (Lipinski definition) is 1. The maximum Gasteiger partial charge on any atom is 0.229 e. The highest BCUT2D eigenvalue weighted by atomic mass is 16.2. The van der Waals surface area contributed by atoms with Crippen LogP contribution in [-0.4, -0.2) is 50.2 Å². The van der Waals surface area contributed by atoms with Gasteiger partial charge < -0.3 is 10.2 Å². The number of fused-ring (bicyclic) bond motifs is 1. The average molecular weight is 393 g/mol. The summed E-state index contributed by atoms with van der Waals surface area (Å²) in [5.74, 6) is 1.28. The minimum atomic E-state index is 0.0170. The lowest BCUT2D eigenvalue weighted by atomic mass is 9.96. The largest absolute Gasteiger partial charge is 0.310 e. The van der Waals surface area contributed by atoms with Crippen LogP contribution in [-0.2, 0) is 11.8 Å². The summed E-state index contributed by atoms with van der Waals surface area (Å²) in [7, 11) is 1.88. The molecule has 152 valence electrons. The van der Waals surface area contributed by atoms with E-state index >= 15 is 0 Å². The molecule has 1 unspecified atom stereocenters. The Bertz CT molecular complexity index is 1010. The molecular formula is C22H28N6O. The van der Waals surface area contributed by atoms with E-state index < -0.39 is 0 Å². The van der Waals surface area contributed by atoms with Crippen molar-refractivity contribution in [1.82, 2.24) is 24.6 Å². The molecule has 1 saturated heterocycles. The lowest BCUT2D eigenvalue weighted by Gasteiger charge is -2.32. The van der Waals surface area contributed by atoms with E-state index in [1.54, 1.807) is 23.3 Å². The Hall–Kier alpha value is -2.80. The fraction of sp³-hybridized carbons (Fsp3) is 0.455. The normalized spacial score (nSPS) is 17.7. The summed E-state index contributed by atoms with van der Waals surface area (Å²) in [6, 6.07) is 3.93. The van der Waals surface area contributed by atoms with Gasteiger partial charge in [0.15, 0.2) is 0 Å². The van der Waals surface area contributed by atoms with Gasteiger partial charge in [-0.1, -0.05) is 13.8 Å². The van der Waals surface area contributed by atoms with Gasteiger partial charge in [-0.2, -0.15) is 5.10 Å². The van der Waals surface area contributed by atoms with Gasteiger partial charge in [-0.05, 0) is 42.8 Å². The SMILES string of the molecule is CC(C)CN1CCCC(C(=O)Nc2cc3cc(-c4cnn(C)c4)ncc3cn2)C1. The summed E-state index contributed by atoms with van der Waals surface area (Å²) >= 11 is 0.